The highest BCUT2D eigenvalue weighted by molar-refractivity contribution is 8.68. The summed E-state index contributed by atoms with van der Waals surface area (Å²) in [6, 6.07) is 0. The van der Waals surface area contributed by atoms with Gasteiger partial charge in [-0.25, -0.2) is 0 Å². The van der Waals surface area contributed by atoms with Crippen molar-refractivity contribution in [1.29, 1.82) is 0 Å². The highest BCUT2D eigenvalue weighted by Crippen LogP contribution is 2.61. The molecular formula is C7H15N2O4PS2. The van der Waals surface area contributed by atoms with Gasteiger partial charge in [-0.1, -0.05) is 0 Å². The largest absolute Gasteiger partial charge is 0.358 e. The lowest BCUT2D eigenvalue weighted by Crippen LogP contribution is -2.41. The lowest BCUT2D eigenvalue weighted by atomic mass is 10.4. The second kappa shape index (κ2) is 7.24. The molecule has 0 aliphatic rings. The van der Waals surface area contributed by atoms with Crippen LogP contribution < -0.4 is 10.6 Å². The van der Waals surface area contributed by atoms with E-state index in [4.69, 9.17) is 20.9 Å². The third-order valence-electron chi connectivity index (χ3n) is 1.65. The maximum absolute atomic E-state index is 11.5. The second-order valence-electron chi connectivity index (χ2n) is 2.53. The first-order valence-corrected chi connectivity index (χ1v) is 8.39. The normalized spacial score (nSPS) is 11.3. The number of rotatable bonds is 6. The Hall–Kier alpha value is -0.140. The van der Waals surface area contributed by atoms with Crippen molar-refractivity contribution >= 4 is 40.7 Å². The Morgan fingerprint density at radius 1 is 1.19 bits per heavy atom. The summed E-state index contributed by atoms with van der Waals surface area (Å²) in [6.07, 6.45) is 0. The van der Waals surface area contributed by atoms with Crippen molar-refractivity contribution in [3.05, 3.63) is 0 Å². The average Bonchev–Trinajstić information content (AvgIpc) is 2.33. The molecule has 0 heterocycles. The van der Waals surface area contributed by atoms with Gasteiger partial charge in [0.05, 0.1) is 0 Å². The van der Waals surface area contributed by atoms with Crippen LogP contribution >= 0.6 is 17.1 Å². The standard InChI is InChI=1S/C7H15N2O4PS2/c1-8-6(10)5(7(11)9-2)16-14(15,12-3)13-4/h5H,1-4H3,(H,8,10)(H,9,11). The van der Waals surface area contributed by atoms with Gasteiger partial charge in [0.1, 0.15) is 0 Å². The lowest BCUT2D eigenvalue weighted by molar-refractivity contribution is -0.127. The van der Waals surface area contributed by atoms with Crippen LogP contribution in [0.25, 0.3) is 0 Å². The second-order valence-corrected chi connectivity index (χ2v) is 9.04. The maximum atomic E-state index is 11.5. The van der Waals surface area contributed by atoms with Crippen LogP contribution in [0, 0.1) is 0 Å². The molecule has 0 saturated carbocycles. The molecule has 0 saturated heterocycles. The molecule has 9 heteroatoms. The van der Waals surface area contributed by atoms with Crippen molar-refractivity contribution in [2.24, 2.45) is 0 Å². The van der Waals surface area contributed by atoms with Gasteiger partial charge in [-0.05, 0) is 23.2 Å². The minimum Gasteiger partial charge on any atom is -0.358 e. The van der Waals surface area contributed by atoms with E-state index in [0.29, 0.717) is 0 Å². The van der Waals surface area contributed by atoms with E-state index in [1.54, 1.807) is 0 Å². The van der Waals surface area contributed by atoms with Crippen LogP contribution in [0.15, 0.2) is 0 Å². The number of carbonyl (C=O) groups is 2. The van der Waals surface area contributed by atoms with E-state index < -0.39 is 22.8 Å². The monoisotopic (exact) mass is 286 g/mol. The number of carbonyl (C=O) groups excluding carboxylic acids is 2. The van der Waals surface area contributed by atoms with Crippen molar-refractivity contribution in [3.63, 3.8) is 0 Å². The summed E-state index contributed by atoms with van der Waals surface area (Å²) in [4.78, 5) is 23.0. The van der Waals surface area contributed by atoms with E-state index in [0.717, 1.165) is 11.4 Å². The molecule has 16 heavy (non-hydrogen) atoms. The first-order chi connectivity index (χ1) is 7.44. The molecule has 2 N–H and O–H groups in total. The van der Waals surface area contributed by atoms with Gasteiger partial charge in [-0.3, -0.25) is 9.59 Å². The van der Waals surface area contributed by atoms with Crippen LogP contribution in [0.4, 0.5) is 0 Å². The SMILES string of the molecule is CNC(=O)C(SP(=S)(OC)OC)C(=O)NC. The molecule has 0 radical (unpaired) electrons. The Morgan fingerprint density at radius 3 is 1.81 bits per heavy atom. The first kappa shape index (κ1) is 15.9. The number of nitrogens with one attached hydrogen (secondary N) is 2. The van der Waals surface area contributed by atoms with Crippen molar-refractivity contribution < 1.29 is 18.6 Å². The van der Waals surface area contributed by atoms with E-state index in [-0.39, 0.29) is 0 Å². The lowest BCUT2D eigenvalue weighted by Gasteiger charge is -2.21. The molecule has 0 aliphatic heterocycles. The van der Waals surface area contributed by atoms with Crippen LogP contribution in [0.3, 0.4) is 0 Å². The van der Waals surface area contributed by atoms with E-state index >= 15 is 0 Å². The Bertz CT molecular complexity index is 289. The molecule has 0 aromatic carbocycles. The van der Waals surface area contributed by atoms with Gasteiger partial charge in [0.15, 0.2) is 5.25 Å². The van der Waals surface area contributed by atoms with Gasteiger partial charge < -0.3 is 19.7 Å². The molecule has 0 aromatic heterocycles. The molecule has 0 atom stereocenters. The molecule has 0 unspecified atom stereocenters. The fourth-order valence-corrected chi connectivity index (χ4v) is 4.41. The third kappa shape index (κ3) is 4.39. The van der Waals surface area contributed by atoms with E-state index in [1.165, 1.54) is 28.3 Å². The van der Waals surface area contributed by atoms with Crippen molar-refractivity contribution in [3.8, 4) is 0 Å². The fraction of sp³-hybridized carbons (Fsp3) is 0.714. The molecule has 0 aliphatic carbocycles. The molecule has 0 rings (SSSR count). The third-order valence-corrected chi connectivity index (χ3v) is 7.41. The highest BCUT2D eigenvalue weighted by Gasteiger charge is 2.33. The van der Waals surface area contributed by atoms with Gasteiger partial charge in [-0.2, -0.15) is 0 Å². The molecule has 0 fully saturated rings. The summed E-state index contributed by atoms with van der Waals surface area (Å²) in [5, 5.41) is 3.81. The van der Waals surface area contributed by atoms with Crippen molar-refractivity contribution in [2.45, 2.75) is 5.25 Å². The van der Waals surface area contributed by atoms with E-state index in [1.807, 2.05) is 0 Å². The summed E-state index contributed by atoms with van der Waals surface area (Å²) in [7, 11) is 5.67. The van der Waals surface area contributed by atoms with Gasteiger partial charge in [0.2, 0.25) is 17.5 Å². The van der Waals surface area contributed by atoms with E-state index in [2.05, 4.69) is 10.6 Å². The molecular weight excluding hydrogens is 271 g/mol. The Labute approximate surface area is 104 Å². The Morgan fingerprint density at radius 2 is 1.56 bits per heavy atom. The van der Waals surface area contributed by atoms with Crippen LogP contribution in [0.1, 0.15) is 0 Å². The van der Waals surface area contributed by atoms with Crippen molar-refractivity contribution in [1.82, 2.24) is 10.6 Å². The van der Waals surface area contributed by atoms with Gasteiger partial charge in [0, 0.05) is 28.3 Å². The van der Waals surface area contributed by atoms with Crippen LogP contribution in [0.5, 0.6) is 0 Å². The summed E-state index contributed by atoms with van der Waals surface area (Å²) in [6.45, 7) is 0. The van der Waals surface area contributed by atoms with Gasteiger partial charge in [-0.15, -0.1) is 0 Å². The van der Waals surface area contributed by atoms with Crippen molar-refractivity contribution in [2.75, 3.05) is 28.3 Å². The first-order valence-electron chi connectivity index (χ1n) is 4.27. The summed E-state index contributed by atoms with van der Waals surface area (Å²) in [5.41, 5.74) is -2.64. The zero-order chi connectivity index (χ0) is 12.8. The van der Waals surface area contributed by atoms with E-state index in [9.17, 15) is 9.59 Å². The predicted molar refractivity (Wildman–Crippen MR) is 67.8 cm³/mol. The Balaban J connectivity index is 4.87. The summed E-state index contributed by atoms with van der Waals surface area (Å²) in [5.74, 6) is -0.875. The quantitative estimate of drug-likeness (QED) is 0.533. The summed E-state index contributed by atoms with van der Waals surface area (Å²) >= 11 is 6.00. The maximum Gasteiger partial charge on any atom is 0.248 e. The zero-order valence-corrected chi connectivity index (χ0v) is 12.0. The molecule has 2 amide bonds. The highest BCUT2D eigenvalue weighted by atomic mass is 32.9. The molecule has 94 valence electrons. The van der Waals surface area contributed by atoms with Crippen LogP contribution in [0.2, 0.25) is 0 Å². The number of hydrogen-bond donors (Lipinski definition) is 2. The average molecular weight is 286 g/mol. The number of hydrogen-bond acceptors (Lipinski definition) is 6. The van der Waals surface area contributed by atoms with Gasteiger partial charge in [0.25, 0.3) is 0 Å². The minimum atomic E-state index is -2.64. The van der Waals surface area contributed by atoms with Crippen LogP contribution in [-0.4, -0.2) is 45.4 Å². The predicted octanol–water partition coefficient (Wildman–Crippen LogP) is 0.0975. The van der Waals surface area contributed by atoms with Gasteiger partial charge >= 0.3 is 0 Å². The Kier molecular flexibility index (Phi) is 7.17. The molecule has 6 nitrogen and oxygen atoms in total. The molecule has 0 aromatic rings. The zero-order valence-electron chi connectivity index (χ0n) is 9.47. The molecule has 0 bridgehead atoms. The summed E-state index contributed by atoms with van der Waals surface area (Å²) < 4.78 is 10.0. The molecule has 0 spiro atoms. The fourth-order valence-electron chi connectivity index (χ4n) is 0.767. The van der Waals surface area contributed by atoms with Crippen LogP contribution in [-0.2, 0) is 30.4 Å². The topological polar surface area (TPSA) is 76.7 Å². The number of amides is 2. The minimum absolute atomic E-state index is 0.437. The smallest absolute Gasteiger partial charge is 0.248 e.